The summed E-state index contributed by atoms with van der Waals surface area (Å²) in [5, 5.41) is 10.4. The van der Waals surface area contributed by atoms with Gasteiger partial charge in [0, 0.05) is 5.69 Å². The third-order valence-electron chi connectivity index (χ3n) is 1.80. The highest BCUT2D eigenvalue weighted by molar-refractivity contribution is 5.84. The molecule has 2 N–H and O–H groups in total. The number of carbonyl (C=O) groups is 1. The molecule has 3 nitrogen and oxygen atoms in total. The van der Waals surface area contributed by atoms with Gasteiger partial charge in [-0.25, -0.2) is 4.79 Å². The molecule has 0 heterocycles. The van der Waals surface area contributed by atoms with Crippen molar-refractivity contribution in [1.29, 1.82) is 0 Å². The lowest BCUT2D eigenvalue weighted by molar-refractivity contribution is -0.137. The van der Waals surface area contributed by atoms with Crippen LogP contribution in [0.15, 0.2) is 18.2 Å². The maximum Gasteiger partial charge on any atom is 0.416 e. The molecular weight excluding hydrogens is 211 g/mol. The predicted octanol–water partition coefficient (Wildman–Crippen LogP) is 3.10. The largest absolute Gasteiger partial charge is 0.465 e. The van der Waals surface area contributed by atoms with Crippen molar-refractivity contribution in [3.05, 3.63) is 29.3 Å². The average Bonchev–Trinajstić information content (AvgIpc) is 2.05. The van der Waals surface area contributed by atoms with E-state index in [1.54, 1.807) is 0 Å². The highest BCUT2D eigenvalue weighted by Gasteiger charge is 2.30. The lowest BCUT2D eigenvalue weighted by Crippen LogP contribution is -2.10. The van der Waals surface area contributed by atoms with E-state index in [2.05, 4.69) is 0 Å². The minimum atomic E-state index is -4.41. The second-order valence-electron chi connectivity index (χ2n) is 2.96. The van der Waals surface area contributed by atoms with Gasteiger partial charge in [-0.15, -0.1) is 0 Å². The molecule has 0 aliphatic rings. The molecule has 0 aliphatic carbocycles. The SMILES string of the molecule is Cc1cc(C(F)(F)F)ccc1NC(=O)O. The Morgan fingerprint density at radius 3 is 2.40 bits per heavy atom. The number of anilines is 1. The van der Waals surface area contributed by atoms with E-state index in [1.165, 1.54) is 6.92 Å². The van der Waals surface area contributed by atoms with Crippen molar-refractivity contribution in [3.63, 3.8) is 0 Å². The van der Waals surface area contributed by atoms with E-state index < -0.39 is 17.8 Å². The molecule has 0 spiro atoms. The first-order valence-corrected chi connectivity index (χ1v) is 3.98. The van der Waals surface area contributed by atoms with Crippen LogP contribution in [0, 0.1) is 6.92 Å². The number of nitrogens with one attached hydrogen (secondary N) is 1. The Bertz CT molecular complexity index is 387. The van der Waals surface area contributed by atoms with Gasteiger partial charge in [-0.05, 0) is 30.7 Å². The third kappa shape index (κ3) is 2.87. The summed E-state index contributed by atoms with van der Waals surface area (Å²) in [6.45, 7) is 1.40. The normalized spacial score (nSPS) is 11.2. The number of amides is 1. The fraction of sp³-hybridized carbons (Fsp3) is 0.222. The van der Waals surface area contributed by atoms with Crippen LogP contribution in [0.5, 0.6) is 0 Å². The summed E-state index contributed by atoms with van der Waals surface area (Å²) < 4.78 is 36.7. The number of rotatable bonds is 1. The van der Waals surface area contributed by atoms with E-state index in [0.29, 0.717) is 0 Å². The van der Waals surface area contributed by atoms with Crippen LogP contribution in [-0.2, 0) is 6.18 Å². The molecule has 1 aromatic carbocycles. The number of benzene rings is 1. The second kappa shape index (κ2) is 3.80. The van der Waals surface area contributed by atoms with Crippen molar-refractivity contribution in [3.8, 4) is 0 Å². The fourth-order valence-electron chi connectivity index (χ4n) is 1.10. The highest BCUT2D eigenvalue weighted by atomic mass is 19.4. The summed E-state index contributed by atoms with van der Waals surface area (Å²) >= 11 is 0. The van der Waals surface area contributed by atoms with Crippen LogP contribution in [0.4, 0.5) is 23.7 Å². The number of carboxylic acid groups (broad SMARTS) is 1. The number of hydrogen-bond acceptors (Lipinski definition) is 1. The van der Waals surface area contributed by atoms with E-state index >= 15 is 0 Å². The summed E-state index contributed by atoms with van der Waals surface area (Å²) in [7, 11) is 0. The van der Waals surface area contributed by atoms with E-state index in [-0.39, 0.29) is 11.3 Å². The summed E-state index contributed by atoms with van der Waals surface area (Å²) in [6.07, 6.45) is -5.72. The van der Waals surface area contributed by atoms with Crippen molar-refractivity contribution >= 4 is 11.8 Å². The molecule has 0 fully saturated rings. The zero-order valence-electron chi connectivity index (χ0n) is 7.72. The van der Waals surface area contributed by atoms with Crippen molar-refractivity contribution in [2.75, 3.05) is 5.32 Å². The van der Waals surface area contributed by atoms with E-state index in [1.807, 2.05) is 5.32 Å². The van der Waals surface area contributed by atoms with Gasteiger partial charge in [0.1, 0.15) is 0 Å². The Labute approximate surface area is 83.5 Å². The van der Waals surface area contributed by atoms with Gasteiger partial charge in [0.25, 0.3) is 0 Å². The van der Waals surface area contributed by atoms with E-state index in [0.717, 1.165) is 18.2 Å². The fourth-order valence-corrected chi connectivity index (χ4v) is 1.10. The zero-order valence-corrected chi connectivity index (χ0v) is 7.72. The third-order valence-corrected chi connectivity index (χ3v) is 1.80. The molecule has 1 amide bonds. The van der Waals surface area contributed by atoms with Crippen LogP contribution in [0.2, 0.25) is 0 Å². The Hall–Kier alpha value is -1.72. The molecule has 1 aromatic rings. The van der Waals surface area contributed by atoms with Gasteiger partial charge in [-0.3, -0.25) is 5.32 Å². The number of halogens is 3. The Kier molecular flexibility index (Phi) is 2.88. The predicted molar refractivity (Wildman–Crippen MR) is 47.8 cm³/mol. The maximum absolute atomic E-state index is 12.2. The molecule has 0 aromatic heterocycles. The summed E-state index contributed by atoms with van der Waals surface area (Å²) in [5.74, 6) is 0. The molecule has 1 rings (SSSR count). The Morgan fingerprint density at radius 1 is 1.40 bits per heavy atom. The van der Waals surface area contributed by atoms with Gasteiger partial charge in [0.05, 0.1) is 5.56 Å². The van der Waals surface area contributed by atoms with Gasteiger partial charge in [0.2, 0.25) is 0 Å². The lowest BCUT2D eigenvalue weighted by Gasteiger charge is -2.10. The molecule has 82 valence electrons. The van der Waals surface area contributed by atoms with Crippen LogP contribution in [0.1, 0.15) is 11.1 Å². The smallest absolute Gasteiger partial charge is 0.416 e. The van der Waals surface area contributed by atoms with Crippen molar-refractivity contribution in [2.24, 2.45) is 0 Å². The molecule has 0 bridgehead atoms. The van der Waals surface area contributed by atoms with Gasteiger partial charge in [0.15, 0.2) is 0 Å². The van der Waals surface area contributed by atoms with Crippen LogP contribution >= 0.6 is 0 Å². The number of hydrogen-bond donors (Lipinski definition) is 2. The molecule has 0 unspecified atom stereocenters. The van der Waals surface area contributed by atoms with Crippen molar-refractivity contribution in [1.82, 2.24) is 0 Å². The minimum absolute atomic E-state index is 0.149. The monoisotopic (exact) mass is 219 g/mol. The Morgan fingerprint density at radius 2 is 2.00 bits per heavy atom. The van der Waals surface area contributed by atoms with E-state index in [4.69, 9.17) is 5.11 Å². The van der Waals surface area contributed by atoms with E-state index in [9.17, 15) is 18.0 Å². The lowest BCUT2D eigenvalue weighted by atomic mass is 10.1. The molecular formula is C9H8F3NO2. The first-order valence-electron chi connectivity index (χ1n) is 3.98. The van der Waals surface area contributed by atoms with Crippen LogP contribution in [0.3, 0.4) is 0 Å². The molecule has 0 aliphatic heterocycles. The maximum atomic E-state index is 12.2. The summed E-state index contributed by atoms with van der Waals surface area (Å²) in [5.41, 5.74) is -0.418. The number of alkyl halides is 3. The highest BCUT2D eigenvalue weighted by Crippen LogP contribution is 2.31. The van der Waals surface area contributed by atoms with Crippen molar-refractivity contribution < 1.29 is 23.1 Å². The first-order chi connectivity index (χ1) is 6.80. The molecule has 15 heavy (non-hydrogen) atoms. The molecule has 0 atom stereocenters. The molecule has 6 heteroatoms. The number of aryl methyl sites for hydroxylation is 1. The van der Waals surface area contributed by atoms with Crippen molar-refractivity contribution in [2.45, 2.75) is 13.1 Å². The summed E-state index contributed by atoms with van der Waals surface area (Å²) in [4.78, 5) is 10.3. The standard InChI is InChI=1S/C9H8F3NO2/c1-5-4-6(9(10,11)12)2-3-7(5)13-8(14)15/h2-4,13H,1H3,(H,14,15). The first kappa shape index (κ1) is 11.4. The Balaban J connectivity index is 3.03. The summed E-state index contributed by atoms with van der Waals surface area (Å²) in [6, 6.07) is 2.82. The molecule has 0 radical (unpaired) electrons. The van der Waals surface area contributed by atoms with Gasteiger partial charge >= 0.3 is 12.3 Å². The average molecular weight is 219 g/mol. The topological polar surface area (TPSA) is 49.3 Å². The zero-order chi connectivity index (χ0) is 11.6. The van der Waals surface area contributed by atoms with Crippen LogP contribution in [0.25, 0.3) is 0 Å². The second-order valence-corrected chi connectivity index (χ2v) is 2.96. The molecule has 0 saturated carbocycles. The minimum Gasteiger partial charge on any atom is -0.465 e. The molecule has 0 saturated heterocycles. The van der Waals surface area contributed by atoms with Crippen LogP contribution < -0.4 is 5.32 Å². The van der Waals surface area contributed by atoms with Gasteiger partial charge < -0.3 is 5.11 Å². The van der Waals surface area contributed by atoms with Crippen LogP contribution in [-0.4, -0.2) is 11.2 Å². The quantitative estimate of drug-likeness (QED) is 0.762. The van der Waals surface area contributed by atoms with Gasteiger partial charge in [-0.2, -0.15) is 13.2 Å². The van der Waals surface area contributed by atoms with Gasteiger partial charge in [-0.1, -0.05) is 0 Å².